The summed E-state index contributed by atoms with van der Waals surface area (Å²) in [5, 5.41) is 0. The molecule has 9 heavy (non-hydrogen) atoms. The van der Waals surface area contributed by atoms with Crippen molar-refractivity contribution in [3.05, 3.63) is 0 Å². The van der Waals surface area contributed by atoms with Crippen molar-refractivity contribution >= 4 is 10.1 Å². The fourth-order valence-electron chi connectivity index (χ4n) is 0.179. The van der Waals surface area contributed by atoms with E-state index < -0.39 is 22.5 Å². The van der Waals surface area contributed by atoms with Gasteiger partial charge in [-0.3, -0.25) is 0 Å². The number of hydrogen-bond donors (Lipinski definition) is 0. The van der Waals surface area contributed by atoms with Gasteiger partial charge in [-0.25, -0.2) is 4.18 Å². The van der Waals surface area contributed by atoms with Gasteiger partial charge in [0.25, 0.3) is 10.1 Å². The van der Waals surface area contributed by atoms with Crippen LogP contribution in [0.1, 0.15) is 6.92 Å². The largest absolute Gasteiger partial charge is 0.358 e. The van der Waals surface area contributed by atoms with E-state index in [1.807, 2.05) is 0 Å². The molecular weight excluding hydrogens is 154 g/mol. The van der Waals surface area contributed by atoms with Gasteiger partial charge in [-0.1, -0.05) is 0 Å². The molecule has 0 aromatic carbocycles. The van der Waals surface area contributed by atoms with Crippen LogP contribution < -0.4 is 0 Å². The molecule has 0 bridgehead atoms. The minimum atomic E-state index is -3.97. The second kappa shape index (κ2) is 3.07. The Morgan fingerprint density at radius 3 is 2.11 bits per heavy atom. The van der Waals surface area contributed by atoms with Crippen molar-refractivity contribution in [2.75, 3.05) is 5.75 Å². The van der Waals surface area contributed by atoms with E-state index in [1.165, 1.54) is 6.92 Å². The summed E-state index contributed by atoms with van der Waals surface area (Å²) in [6, 6.07) is 0. The highest BCUT2D eigenvalue weighted by Gasteiger charge is 2.14. The van der Waals surface area contributed by atoms with Crippen LogP contribution in [-0.2, 0) is 14.3 Å². The Balaban J connectivity index is 3.90. The normalized spacial score (nSPS) is 12.4. The fraction of sp³-hybridized carbons (Fsp3) is 1.00. The highest BCUT2D eigenvalue weighted by atomic mass is 32.2. The van der Waals surface area contributed by atoms with Gasteiger partial charge in [-0.05, 0) is 6.92 Å². The molecule has 0 saturated carbocycles. The van der Waals surface area contributed by atoms with E-state index in [4.69, 9.17) is 0 Å². The molecule has 0 fully saturated rings. The van der Waals surface area contributed by atoms with Crippen molar-refractivity contribution in [1.82, 2.24) is 0 Å². The number of halogens is 2. The minimum absolute atomic E-state index is 0.433. The summed E-state index contributed by atoms with van der Waals surface area (Å²) in [6.07, 6.45) is 0. The Kier molecular flexibility index (Phi) is 2.99. The maximum Gasteiger partial charge on any atom is 0.358 e. The van der Waals surface area contributed by atoms with Crippen molar-refractivity contribution < 1.29 is 21.4 Å². The Morgan fingerprint density at radius 1 is 1.56 bits per heavy atom. The van der Waals surface area contributed by atoms with Crippen LogP contribution in [-0.4, -0.2) is 20.8 Å². The summed E-state index contributed by atoms with van der Waals surface area (Å²) in [7, 11) is -3.97. The van der Waals surface area contributed by atoms with Gasteiger partial charge in [0.15, 0.2) is 0 Å². The zero-order valence-electron chi connectivity index (χ0n) is 4.67. The zero-order chi connectivity index (χ0) is 7.49. The second-order valence-electron chi connectivity index (χ2n) is 1.20. The molecule has 0 aliphatic carbocycles. The van der Waals surface area contributed by atoms with E-state index in [0.29, 0.717) is 0 Å². The van der Waals surface area contributed by atoms with Crippen molar-refractivity contribution in [2.45, 2.75) is 13.5 Å². The predicted octanol–water partition coefficient (Wildman–Crippen LogP) is 0.575. The molecule has 0 spiro atoms. The van der Waals surface area contributed by atoms with Crippen LogP contribution in [0, 0.1) is 0 Å². The van der Waals surface area contributed by atoms with Crippen LogP contribution in [0.25, 0.3) is 0 Å². The molecule has 6 heteroatoms. The van der Waals surface area contributed by atoms with Crippen molar-refractivity contribution in [2.24, 2.45) is 0 Å². The van der Waals surface area contributed by atoms with Crippen LogP contribution in [0.4, 0.5) is 8.78 Å². The van der Waals surface area contributed by atoms with Crippen molar-refractivity contribution in [3.8, 4) is 0 Å². The lowest BCUT2D eigenvalue weighted by molar-refractivity contribution is -0.0443. The van der Waals surface area contributed by atoms with Gasteiger partial charge < -0.3 is 0 Å². The summed E-state index contributed by atoms with van der Waals surface area (Å²) in [6.45, 7) is -2.02. The maximum atomic E-state index is 11.1. The molecular formula is C3H6F2O3S. The molecule has 0 radical (unpaired) electrons. The van der Waals surface area contributed by atoms with Crippen LogP contribution in [0.5, 0.6) is 0 Å². The highest BCUT2D eigenvalue weighted by Crippen LogP contribution is 2.01. The van der Waals surface area contributed by atoms with Gasteiger partial charge in [0.2, 0.25) is 0 Å². The van der Waals surface area contributed by atoms with Crippen molar-refractivity contribution in [1.29, 1.82) is 0 Å². The maximum absolute atomic E-state index is 11.1. The van der Waals surface area contributed by atoms with E-state index >= 15 is 0 Å². The van der Waals surface area contributed by atoms with Gasteiger partial charge >= 0.3 is 6.61 Å². The monoisotopic (exact) mass is 160 g/mol. The van der Waals surface area contributed by atoms with E-state index in [9.17, 15) is 17.2 Å². The molecule has 0 aliphatic heterocycles. The minimum Gasteiger partial charge on any atom is -0.203 e. The Bertz CT molecular complexity index is 162. The predicted molar refractivity (Wildman–Crippen MR) is 26.5 cm³/mol. The first kappa shape index (κ1) is 8.77. The second-order valence-corrected chi connectivity index (χ2v) is 3.09. The van der Waals surface area contributed by atoms with E-state index in [1.54, 1.807) is 0 Å². The smallest absolute Gasteiger partial charge is 0.203 e. The number of alkyl halides is 2. The molecule has 0 saturated heterocycles. The first-order valence-corrected chi connectivity index (χ1v) is 3.75. The summed E-state index contributed by atoms with van der Waals surface area (Å²) in [4.78, 5) is 0. The van der Waals surface area contributed by atoms with Crippen LogP contribution >= 0.6 is 0 Å². The lowest BCUT2D eigenvalue weighted by Crippen LogP contribution is -2.11. The molecule has 56 valence electrons. The molecule has 0 amide bonds. The van der Waals surface area contributed by atoms with E-state index in [0.717, 1.165) is 0 Å². The molecule has 0 atom stereocenters. The van der Waals surface area contributed by atoms with Crippen LogP contribution in [0.3, 0.4) is 0 Å². The Labute approximate surface area is 51.7 Å². The first-order valence-electron chi connectivity index (χ1n) is 2.17. The molecule has 0 heterocycles. The average molecular weight is 160 g/mol. The zero-order valence-corrected chi connectivity index (χ0v) is 5.49. The molecule has 0 aliphatic rings. The first-order chi connectivity index (χ1) is 3.98. The lowest BCUT2D eigenvalue weighted by Gasteiger charge is -1.98. The SMILES string of the molecule is CCS(=O)(=O)OC(F)F. The van der Waals surface area contributed by atoms with Crippen LogP contribution in [0.2, 0.25) is 0 Å². The molecule has 0 aromatic heterocycles. The van der Waals surface area contributed by atoms with Gasteiger partial charge in [-0.2, -0.15) is 17.2 Å². The summed E-state index contributed by atoms with van der Waals surface area (Å²) >= 11 is 0. The average Bonchev–Trinajstić information content (AvgIpc) is 1.63. The third-order valence-electron chi connectivity index (χ3n) is 0.573. The Morgan fingerprint density at radius 2 is 2.00 bits per heavy atom. The topological polar surface area (TPSA) is 43.4 Å². The van der Waals surface area contributed by atoms with Gasteiger partial charge in [-0.15, -0.1) is 0 Å². The van der Waals surface area contributed by atoms with E-state index in [2.05, 4.69) is 4.18 Å². The molecule has 0 N–H and O–H groups in total. The number of rotatable bonds is 3. The summed E-state index contributed by atoms with van der Waals surface area (Å²) in [5.41, 5.74) is 0. The quantitative estimate of drug-likeness (QED) is 0.567. The fourth-order valence-corrected chi connectivity index (χ4v) is 0.537. The third kappa shape index (κ3) is 4.28. The molecule has 0 aromatic rings. The summed E-state index contributed by atoms with van der Waals surface area (Å²) < 4.78 is 45.7. The Hall–Kier alpha value is -0.230. The van der Waals surface area contributed by atoms with Crippen LogP contribution in [0.15, 0.2) is 0 Å². The molecule has 0 unspecified atom stereocenters. The third-order valence-corrected chi connectivity index (χ3v) is 1.72. The van der Waals surface area contributed by atoms with E-state index in [-0.39, 0.29) is 0 Å². The van der Waals surface area contributed by atoms with Gasteiger partial charge in [0, 0.05) is 0 Å². The molecule has 0 rings (SSSR count). The number of hydrogen-bond acceptors (Lipinski definition) is 3. The molecule has 3 nitrogen and oxygen atoms in total. The van der Waals surface area contributed by atoms with Gasteiger partial charge in [0.05, 0.1) is 5.75 Å². The lowest BCUT2D eigenvalue weighted by atomic mass is 11.0. The van der Waals surface area contributed by atoms with Gasteiger partial charge in [0.1, 0.15) is 0 Å². The highest BCUT2D eigenvalue weighted by molar-refractivity contribution is 7.86. The standard InChI is InChI=1S/C3H6F2O3S/c1-2-9(6,7)8-3(4)5/h3H,2H2,1H3. The van der Waals surface area contributed by atoms with Crippen molar-refractivity contribution in [3.63, 3.8) is 0 Å². The summed E-state index contributed by atoms with van der Waals surface area (Å²) in [5.74, 6) is -0.433.